The van der Waals surface area contributed by atoms with Crippen molar-refractivity contribution in [3.05, 3.63) is 47.8 Å². The van der Waals surface area contributed by atoms with Crippen LogP contribution in [0.5, 0.6) is 0 Å². The number of hydrogen-bond acceptors (Lipinski definition) is 2. The lowest BCUT2D eigenvalue weighted by atomic mass is 9.77. The number of halogens is 1. The molecule has 0 saturated carbocycles. The van der Waals surface area contributed by atoms with Crippen LogP contribution >= 0.6 is 0 Å². The summed E-state index contributed by atoms with van der Waals surface area (Å²) in [7, 11) is 0. The fourth-order valence-electron chi connectivity index (χ4n) is 2.38. The minimum Gasteiger partial charge on any atom is -0.481 e. The molecule has 0 aliphatic heterocycles. The fraction of sp³-hybridized carbons (Fsp3) is 0.357. The van der Waals surface area contributed by atoms with Gasteiger partial charge in [-0.15, -0.1) is 0 Å². The maximum absolute atomic E-state index is 12.8. The molecule has 0 fully saturated rings. The molecule has 2 N–H and O–H groups in total. The van der Waals surface area contributed by atoms with E-state index in [2.05, 4.69) is 0 Å². The van der Waals surface area contributed by atoms with Gasteiger partial charge >= 0.3 is 5.97 Å². The number of aliphatic hydroxyl groups excluding tert-OH is 1. The highest BCUT2D eigenvalue weighted by Gasteiger charge is 2.34. The minimum absolute atomic E-state index is 0.363. The maximum Gasteiger partial charge on any atom is 0.307 e. The lowest BCUT2D eigenvalue weighted by molar-refractivity contribution is -0.145. The zero-order chi connectivity index (χ0) is 13.1. The van der Waals surface area contributed by atoms with Gasteiger partial charge in [-0.1, -0.05) is 24.3 Å². The zero-order valence-corrected chi connectivity index (χ0v) is 9.79. The molecule has 3 atom stereocenters. The third-order valence-corrected chi connectivity index (χ3v) is 3.42. The summed E-state index contributed by atoms with van der Waals surface area (Å²) < 4.78 is 12.8. The first-order chi connectivity index (χ1) is 8.59. The summed E-state index contributed by atoms with van der Waals surface area (Å²) in [6, 6.07) is 5.54. The van der Waals surface area contributed by atoms with Crippen LogP contribution in [0.1, 0.15) is 24.5 Å². The van der Waals surface area contributed by atoms with Gasteiger partial charge < -0.3 is 10.2 Å². The lowest BCUT2D eigenvalue weighted by Gasteiger charge is -2.29. The number of carboxylic acid groups (broad SMARTS) is 1. The molecule has 0 spiro atoms. The predicted molar refractivity (Wildman–Crippen MR) is 64.3 cm³/mol. The molecule has 0 heterocycles. The maximum atomic E-state index is 12.8. The van der Waals surface area contributed by atoms with Crippen molar-refractivity contribution in [2.24, 2.45) is 11.8 Å². The first-order valence-corrected chi connectivity index (χ1v) is 5.91. The van der Waals surface area contributed by atoms with Gasteiger partial charge in [0.2, 0.25) is 0 Å². The van der Waals surface area contributed by atoms with Crippen LogP contribution in [0.25, 0.3) is 0 Å². The van der Waals surface area contributed by atoms with Gasteiger partial charge in [0.05, 0.1) is 12.0 Å². The molecular formula is C14H15FO3. The van der Waals surface area contributed by atoms with Crippen molar-refractivity contribution >= 4 is 5.97 Å². The van der Waals surface area contributed by atoms with Gasteiger partial charge in [-0.05, 0) is 30.5 Å². The van der Waals surface area contributed by atoms with Crippen LogP contribution in [-0.2, 0) is 4.79 Å². The van der Waals surface area contributed by atoms with Crippen molar-refractivity contribution < 1.29 is 19.4 Å². The lowest BCUT2D eigenvalue weighted by Crippen LogP contribution is -2.29. The van der Waals surface area contributed by atoms with Crippen LogP contribution in [-0.4, -0.2) is 16.2 Å². The number of rotatable bonds is 3. The van der Waals surface area contributed by atoms with Crippen molar-refractivity contribution in [1.82, 2.24) is 0 Å². The Balaban J connectivity index is 2.21. The normalized spacial score (nSPS) is 24.8. The van der Waals surface area contributed by atoms with Crippen molar-refractivity contribution in [2.45, 2.75) is 18.9 Å². The summed E-state index contributed by atoms with van der Waals surface area (Å²) >= 11 is 0. The van der Waals surface area contributed by atoms with Gasteiger partial charge in [0.1, 0.15) is 5.82 Å². The number of allylic oxidation sites excluding steroid dienone is 2. The van der Waals surface area contributed by atoms with E-state index in [4.69, 9.17) is 5.11 Å². The predicted octanol–water partition coefficient (Wildman–Crippen LogP) is 2.53. The molecule has 96 valence electrons. The van der Waals surface area contributed by atoms with Crippen molar-refractivity contribution in [2.75, 3.05) is 0 Å². The Morgan fingerprint density at radius 3 is 2.44 bits per heavy atom. The van der Waals surface area contributed by atoms with E-state index < -0.39 is 18.0 Å². The highest BCUT2D eigenvalue weighted by molar-refractivity contribution is 5.71. The molecule has 1 aromatic carbocycles. The van der Waals surface area contributed by atoms with E-state index in [1.54, 1.807) is 0 Å². The van der Waals surface area contributed by atoms with E-state index in [-0.39, 0.29) is 11.7 Å². The summed E-state index contributed by atoms with van der Waals surface area (Å²) in [6.45, 7) is 0. The Bertz CT molecular complexity index is 453. The zero-order valence-electron chi connectivity index (χ0n) is 9.79. The number of aliphatic hydroxyl groups is 1. The van der Waals surface area contributed by atoms with E-state index in [1.807, 2.05) is 12.2 Å². The third-order valence-electron chi connectivity index (χ3n) is 3.42. The quantitative estimate of drug-likeness (QED) is 0.810. The number of carbonyl (C=O) groups is 1. The van der Waals surface area contributed by atoms with E-state index in [1.165, 1.54) is 24.3 Å². The molecule has 1 aromatic rings. The second-order valence-corrected chi connectivity index (χ2v) is 4.55. The van der Waals surface area contributed by atoms with Crippen LogP contribution in [0.3, 0.4) is 0 Å². The molecule has 0 amide bonds. The van der Waals surface area contributed by atoms with Crippen LogP contribution < -0.4 is 0 Å². The Kier molecular flexibility index (Phi) is 3.77. The molecule has 4 heteroatoms. The number of carboxylic acids is 1. The highest BCUT2D eigenvalue weighted by atomic mass is 19.1. The second kappa shape index (κ2) is 5.31. The van der Waals surface area contributed by atoms with Gasteiger partial charge in [0.25, 0.3) is 0 Å². The summed E-state index contributed by atoms with van der Waals surface area (Å²) in [5, 5.41) is 19.4. The summed E-state index contributed by atoms with van der Waals surface area (Å²) in [4.78, 5) is 11.1. The van der Waals surface area contributed by atoms with E-state index in [0.29, 0.717) is 18.4 Å². The largest absolute Gasteiger partial charge is 0.481 e. The van der Waals surface area contributed by atoms with Crippen molar-refractivity contribution in [3.8, 4) is 0 Å². The molecule has 3 nitrogen and oxygen atoms in total. The molecule has 1 aliphatic rings. The molecular weight excluding hydrogens is 235 g/mol. The van der Waals surface area contributed by atoms with Gasteiger partial charge in [0, 0.05) is 5.92 Å². The molecule has 0 saturated heterocycles. The molecule has 18 heavy (non-hydrogen) atoms. The fourth-order valence-corrected chi connectivity index (χ4v) is 2.38. The van der Waals surface area contributed by atoms with Crippen LogP contribution in [0.15, 0.2) is 36.4 Å². The Morgan fingerprint density at radius 2 is 1.83 bits per heavy atom. The number of aliphatic carboxylic acids is 1. The van der Waals surface area contributed by atoms with E-state index in [9.17, 15) is 14.3 Å². The average Bonchev–Trinajstić information content (AvgIpc) is 2.39. The third kappa shape index (κ3) is 2.59. The molecule has 0 bridgehead atoms. The van der Waals surface area contributed by atoms with E-state index >= 15 is 0 Å². The van der Waals surface area contributed by atoms with Crippen molar-refractivity contribution in [1.29, 1.82) is 0 Å². The van der Waals surface area contributed by atoms with Gasteiger partial charge in [-0.3, -0.25) is 4.79 Å². The van der Waals surface area contributed by atoms with E-state index in [0.717, 1.165) is 0 Å². The summed E-state index contributed by atoms with van der Waals surface area (Å²) in [6.07, 6.45) is 3.79. The SMILES string of the molecule is O=C(O)C1CC=CCC1C(O)c1ccc(F)cc1. The topological polar surface area (TPSA) is 57.5 Å². The molecule has 2 rings (SSSR count). The van der Waals surface area contributed by atoms with Crippen LogP contribution in [0, 0.1) is 17.7 Å². The number of benzene rings is 1. The smallest absolute Gasteiger partial charge is 0.307 e. The van der Waals surface area contributed by atoms with Crippen LogP contribution in [0.4, 0.5) is 4.39 Å². The molecule has 3 unspecified atom stereocenters. The highest BCUT2D eigenvalue weighted by Crippen LogP contribution is 2.36. The summed E-state index contributed by atoms with van der Waals surface area (Å²) in [5.74, 6) is -2.22. The van der Waals surface area contributed by atoms with Crippen molar-refractivity contribution in [3.63, 3.8) is 0 Å². The molecule has 0 aromatic heterocycles. The first-order valence-electron chi connectivity index (χ1n) is 5.91. The molecule has 0 radical (unpaired) electrons. The molecule has 1 aliphatic carbocycles. The average molecular weight is 250 g/mol. The Hall–Kier alpha value is -1.68. The van der Waals surface area contributed by atoms with Gasteiger partial charge in [-0.25, -0.2) is 4.39 Å². The standard InChI is InChI=1S/C14H15FO3/c15-10-7-5-9(6-8-10)13(16)11-3-1-2-4-12(11)14(17)18/h1-2,5-8,11-13,16H,3-4H2,(H,17,18). The second-order valence-electron chi connectivity index (χ2n) is 4.55. The monoisotopic (exact) mass is 250 g/mol. The van der Waals surface area contributed by atoms with Gasteiger partial charge in [-0.2, -0.15) is 0 Å². The van der Waals surface area contributed by atoms with Gasteiger partial charge in [0.15, 0.2) is 0 Å². The Labute approximate surface area is 105 Å². The Morgan fingerprint density at radius 1 is 1.22 bits per heavy atom. The minimum atomic E-state index is -0.898. The summed E-state index contributed by atoms with van der Waals surface area (Å²) in [5.41, 5.74) is 0.558. The van der Waals surface area contributed by atoms with Crippen LogP contribution in [0.2, 0.25) is 0 Å². The number of hydrogen-bond donors (Lipinski definition) is 2. The first kappa shape index (κ1) is 12.8.